The van der Waals surface area contributed by atoms with Crippen molar-refractivity contribution in [1.29, 1.82) is 5.41 Å². The van der Waals surface area contributed by atoms with Crippen LogP contribution in [0.1, 0.15) is 49.1 Å². The van der Waals surface area contributed by atoms with Crippen LogP contribution in [-0.4, -0.2) is 59.4 Å². The van der Waals surface area contributed by atoms with Gasteiger partial charge in [-0.3, -0.25) is 4.79 Å². The van der Waals surface area contributed by atoms with Gasteiger partial charge < -0.3 is 30.8 Å². The number of nitrogens with zero attached hydrogens (tertiary/aromatic N) is 3. The maximum absolute atomic E-state index is 13.4. The Bertz CT molecular complexity index is 1300. The SMILES string of the molecule is CC(C)Oc1cc(N)c(C=N)cc1Nc1ncnc2sc3c(c12)CC[C@H](C(=O)N1CCCOCCC1)C3. The van der Waals surface area contributed by atoms with Gasteiger partial charge in [0, 0.05) is 60.6 Å². The molecule has 1 aliphatic carbocycles. The number of anilines is 3. The van der Waals surface area contributed by atoms with E-state index in [4.69, 9.17) is 20.6 Å². The van der Waals surface area contributed by atoms with Gasteiger partial charge in [0.25, 0.3) is 0 Å². The zero-order chi connectivity index (χ0) is 25.9. The number of aromatic nitrogens is 2. The molecule has 10 heteroatoms. The molecule has 0 saturated carbocycles. The van der Waals surface area contributed by atoms with Crippen molar-refractivity contribution in [3.05, 3.63) is 34.5 Å². The zero-order valence-electron chi connectivity index (χ0n) is 21.4. The monoisotopic (exact) mass is 522 g/mol. The molecule has 37 heavy (non-hydrogen) atoms. The van der Waals surface area contributed by atoms with Gasteiger partial charge in [0.15, 0.2) is 0 Å². The molecule has 1 aromatic carbocycles. The first-order valence-corrected chi connectivity index (χ1v) is 13.8. The molecular weight excluding hydrogens is 488 g/mol. The number of amides is 1. The van der Waals surface area contributed by atoms with Crippen LogP contribution in [0.5, 0.6) is 5.75 Å². The Kier molecular flexibility index (Phi) is 7.57. The molecular formula is C27H34N6O3S. The van der Waals surface area contributed by atoms with Crippen molar-refractivity contribution in [2.24, 2.45) is 5.92 Å². The largest absolute Gasteiger partial charge is 0.489 e. The molecule has 3 aromatic rings. The summed E-state index contributed by atoms with van der Waals surface area (Å²) in [6.07, 6.45) is 6.92. The predicted molar refractivity (Wildman–Crippen MR) is 147 cm³/mol. The second-order valence-electron chi connectivity index (χ2n) is 9.90. The van der Waals surface area contributed by atoms with Crippen molar-refractivity contribution in [1.82, 2.24) is 14.9 Å². The number of fused-ring (bicyclic) bond motifs is 3. The predicted octanol–water partition coefficient (Wildman–Crippen LogP) is 4.55. The van der Waals surface area contributed by atoms with Crippen LogP contribution in [0.2, 0.25) is 0 Å². The molecule has 1 amide bonds. The molecule has 9 nitrogen and oxygen atoms in total. The second kappa shape index (κ2) is 11.0. The average molecular weight is 523 g/mol. The third-order valence-electron chi connectivity index (χ3n) is 6.90. The highest BCUT2D eigenvalue weighted by Gasteiger charge is 2.31. The summed E-state index contributed by atoms with van der Waals surface area (Å²) in [6.45, 7) is 6.91. The van der Waals surface area contributed by atoms with Gasteiger partial charge in [-0.1, -0.05) is 0 Å². The van der Waals surface area contributed by atoms with Crippen molar-refractivity contribution >= 4 is 50.9 Å². The van der Waals surface area contributed by atoms with Gasteiger partial charge in [0.05, 0.1) is 17.2 Å². The smallest absolute Gasteiger partial charge is 0.226 e. The van der Waals surface area contributed by atoms with E-state index in [1.165, 1.54) is 16.7 Å². The fraction of sp³-hybridized carbons (Fsp3) is 0.481. The van der Waals surface area contributed by atoms with Crippen LogP contribution in [-0.2, 0) is 22.4 Å². The number of rotatable bonds is 6. The Morgan fingerprint density at radius 3 is 2.81 bits per heavy atom. The van der Waals surface area contributed by atoms with Gasteiger partial charge in [-0.2, -0.15) is 0 Å². The molecule has 0 spiro atoms. The first-order chi connectivity index (χ1) is 17.9. The Morgan fingerprint density at radius 1 is 1.30 bits per heavy atom. The van der Waals surface area contributed by atoms with E-state index < -0.39 is 0 Å². The third-order valence-corrected chi connectivity index (χ3v) is 8.06. The number of benzene rings is 1. The molecule has 4 N–H and O–H groups in total. The summed E-state index contributed by atoms with van der Waals surface area (Å²) in [6, 6.07) is 3.56. The Balaban J connectivity index is 1.43. The minimum atomic E-state index is -0.0410. The number of hydrogen-bond acceptors (Lipinski definition) is 9. The molecule has 0 radical (unpaired) electrons. The Labute approximate surface area is 220 Å². The van der Waals surface area contributed by atoms with E-state index in [9.17, 15) is 4.79 Å². The molecule has 1 aliphatic heterocycles. The molecule has 196 valence electrons. The van der Waals surface area contributed by atoms with Crippen LogP contribution in [0.15, 0.2) is 18.5 Å². The molecule has 5 rings (SSSR count). The first kappa shape index (κ1) is 25.4. The number of thiophene rings is 1. The summed E-state index contributed by atoms with van der Waals surface area (Å²) >= 11 is 1.66. The molecule has 1 saturated heterocycles. The van der Waals surface area contributed by atoms with Crippen LogP contribution in [0.4, 0.5) is 17.2 Å². The van der Waals surface area contributed by atoms with Crippen LogP contribution >= 0.6 is 11.3 Å². The number of nitrogen functional groups attached to an aromatic ring is 1. The maximum Gasteiger partial charge on any atom is 0.226 e. The standard InChI is InChI=1S/C27H34N6O3S/c1-16(2)36-22-13-20(29)18(14-28)11-21(22)32-25-24-19-6-5-17(12-23(19)37-26(24)31-15-30-25)27(34)33-7-3-9-35-10-4-8-33/h11,13-17,28H,3-10,12,29H2,1-2H3,(H,30,31,32)/t17-/m0/s1. The zero-order valence-corrected chi connectivity index (χ0v) is 22.2. The average Bonchev–Trinajstić information content (AvgIpc) is 3.23. The highest BCUT2D eigenvalue weighted by molar-refractivity contribution is 7.19. The van der Waals surface area contributed by atoms with E-state index in [2.05, 4.69) is 15.3 Å². The van der Waals surface area contributed by atoms with Gasteiger partial charge >= 0.3 is 0 Å². The molecule has 1 fully saturated rings. The van der Waals surface area contributed by atoms with Crippen LogP contribution in [0.25, 0.3) is 10.2 Å². The number of nitrogens with one attached hydrogen (secondary N) is 2. The maximum atomic E-state index is 13.4. The van der Waals surface area contributed by atoms with Crippen molar-refractivity contribution in [3.63, 3.8) is 0 Å². The Morgan fingerprint density at radius 2 is 2.08 bits per heavy atom. The summed E-state index contributed by atoms with van der Waals surface area (Å²) in [5.74, 6) is 1.58. The molecule has 2 aliphatic rings. The van der Waals surface area contributed by atoms with E-state index in [1.807, 2.05) is 24.8 Å². The van der Waals surface area contributed by atoms with Gasteiger partial charge in [-0.25, -0.2) is 9.97 Å². The van der Waals surface area contributed by atoms with Gasteiger partial charge in [0.1, 0.15) is 22.7 Å². The molecule has 0 unspecified atom stereocenters. The van der Waals surface area contributed by atoms with Crippen LogP contribution in [0, 0.1) is 11.3 Å². The topological polar surface area (TPSA) is 126 Å². The number of carbonyl (C=O) groups is 1. The van der Waals surface area contributed by atoms with Gasteiger partial charge in [-0.05, 0) is 57.6 Å². The van der Waals surface area contributed by atoms with E-state index in [0.29, 0.717) is 28.5 Å². The number of carbonyl (C=O) groups excluding carboxylic acids is 1. The Hall–Kier alpha value is -3.24. The summed E-state index contributed by atoms with van der Waals surface area (Å²) in [4.78, 5) is 26.7. The summed E-state index contributed by atoms with van der Waals surface area (Å²) in [7, 11) is 0. The summed E-state index contributed by atoms with van der Waals surface area (Å²) < 4.78 is 11.6. The minimum Gasteiger partial charge on any atom is -0.489 e. The van der Waals surface area contributed by atoms with Crippen molar-refractivity contribution < 1.29 is 14.3 Å². The highest BCUT2D eigenvalue weighted by Crippen LogP contribution is 2.42. The van der Waals surface area contributed by atoms with Crippen LogP contribution in [0.3, 0.4) is 0 Å². The molecule has 1 atom stereocenters. The van der Waals surface area contributed by atoms with Crippen LogP contribution < -0.4 is 15.8 Å². The summed E-state index contributed by atoms with van der Waals surface area (Å²) in [5.41, 5.74) is 9.14. The third kappa shape index (κ3) is 5.40. The summed E-state index contributed by atoms with van der Waals surface area (Å²) in [5, 5.41) is 12.2. The van der Waals surface area contributed by atoms with E-state index in [-0.39, 0.29) is 17.9 Å². The quantitative estimate of drug-likeness (QED) is 0.320. The second-order valence-corrected chi connectivity index (χ2v) is 11.0. The van der Waals surface area contributed by atoms with Crippen molar-refractivity contribution in [3.8, 4) is 5.75 Å². The fourth-order valence-corrected chi connectivity index (χ4v) is 6.40. The van der Waals surface area contributed by atoms with E-state index in [1.54, 1.807) is 23.7 Å². The number of hydrogen-bond donors (Lipinski definition) is 3. The lowest BCUT2D eigenvalue weighted by Gasteiger charge is -2.30. The molecule has 0 bridgehead atoms. The first-order valence-electron chi connectivity index (χ1n) is 12.9. The lowest BCUT2D eigenvalue weighted by molar-refractivity contribution is -0.136. The minimum absolute atomic E-state index is 0.00330. The van der Waals surface area contributed by atoms with Gasteiger partial charge in [0.2, 0.25) is 5.91 Å². The molecule has 3 heterocycles. The lowest BCUT2D eigenvalue weighted by Crippen LogP contribution is -2.40. The van der Waals surface area contributed by atoms with E-state index >= 15 is 0 Å². The number of ether oxygens (including phenoxy) is 2. The van der Waals surface area contributed by atoms with Crippen molar-refractivity contribution in [2.75, 3.05) is 37.4 Å². The van der Waals surface area contributed by atoms with Gasteiger partial charge in [-0.15, -0.1) is 11.3 Å². The highest BCUT2D eigenvalue weighted by atomic mass is 32.1. The normalized spacial score (nSPS) is 18.2. The number of nitrogens with two attached hydrogens (primary N) is 1. The molecule has 2 aromatic heterocycles. The van der Waals surface area contributed by atoms with E-state index in [0.717, 1.165) is 68.6 Å². The fourth-order valence-electron chi connectivity index (χ4n) is 5.14. The lowest BCUT2D eigenvalue weighted by atomic mass is 9.86. The van der Waals surface area contributed by atoms with Crippen molar-refractivity contribution in [2.45, 2.75) is 52.1 Å². The number of aryl methyl sites for hydroxylation is 1.